The van der Waals surface area contributed by atoms with E-state index in [0.29, 0.717) is 0 Å². The highest BCUT2D eigenvalue weighted by Gasteiger charge is 2.29. The fourth-order valence-electron chi connectivity index (χ4n) is 2.47. The molecular weight excluding hydrogens is 224 g/mol. The summed E-state index contributed by atoms with van der Waals surface area (Å²) in [6.45, 7) is 8.31. The predicted molar refractivity (Wildman–Crippen MR) is 76.2 cm³/mol. The quantitative estimate of drug-likeness (QED) is 0.816. The molecule has 0 saturated carbocycles. The minimum absolute atomic E-state index is 0.0780. The summed E-state index contributed by atoms with van der Waals surface area (Å²) in [4.78, 5) is 4.63. The average Bonchev–Trinajstić information content (AvgIpc) is 2.40. The van der Waals surface area contributed by atoms with Crippen LogP contribution in [-0.4, -0.2) is 45.3 Å². The molecule has 100 valence electrons. The minimum atomic E-state index is 0.0780. The van der Waals surface area contributed by atoms with Crippen LogP contribution in [-0.2, 0) is 10.3 Å². The third-order valence-electron chi connectivity index (χ3n) is 3.89. The number of morpholine rings is 1. The first-order valence-corrected chi connectivity index (χ1v) is 6.62. The first-order chi connectivity index (χ1) is 8.51. The summed E-state index contributed by atoms with van der Waals surface area (Å²) in [6.07, 6.45) is 0. The van der Waals surface area contributed by atoms with Crippen molar-refractivity contribution in [1.82, 2.24) is 4.90 Å². The van der Waals surface area contributed by atoms with Gasteiger partial charge in [0.1, 0.15) is 0 Å². The molecule has 1 aliphatic heterocycles. The van der Waals surface area contributed by atoms with E-state index in [1.54, 1.807) is 0 Å². The summed E-state index contributed by atoms with van der Waals surface area (Å²) >= 11 is 0. The first kappa shape index (κ1) is 13.4. The highest BCUT2D eigenvalue weighted by atomic mass is 16.5. The lowest BCUT2D eigenvalue weighted by Gasteiger charge is -2.41. The molecule has 0 N–H and O–H groups in total. The molecule has 1 aromatic carbocycles. The van der Waals surface area contributed by atoms with Crippen molar-refractivity contribution in [2.45, 2.75) is 19.4 Å². The largest absolute Gasteiger partial charge is 0.379 e. The first-order valence-electron chi connectivity index (χ1n) is 6.62. The summed E-state index contributed by atoms with van der Waals surface area (Å²) in [5.41, 5.74) is 2.70. The van der Waals surface area contributed by atoms with Crippen molar-refractivity contribution in [2.75, 3.05) is 45.3 Å². The summed E-state index contributed by atoms with van der Waals surface area (Å²) in [5, 5.41) is 0. The van der Waals surface area contributed by atoms with Crippen molar-refractivity contribution in [3.8, 4) is 0 Å². The molecular formula is C15H24N2O. The van der Waals surface area contributed by atoms with Gasteiger partial charge in [0, 0.05) is 38.4 Å². The Labute approximate surface area is 110 Å². The van der Waals surface area contributed by atoms with Gasteiger partial charge in [-0.15, -0.1) is 0 Å². The summed E-state index contributed by atoms with van der Waals surface area (Å²) in [7, 11) is 4.14. The number of benzene rings is 1. The lowest BCUT2D eigenvalue weighted by molar-refractivity contribution is -0.0118. The molecule has 0 aliphatic carbocycles. The Balaban J connectivity index is 2.17. The number of hydrogen-bond donors (Lipinski definition) is 0. The van der Waals surface area contributed by atoms with Gasteiger partial charge in [0.2, 0.25) is 0 Å². The number of anilines is 1. The Morgan fingerprint density at radius 1 is 1.06 bits per heavy atom. The SMILES string of the molecule is CN(C)c1ccc(C(C)(C)N2CCOCC2)cc1. The van der Waals surface area contributed by atoms with Crippen molar-refractivity contribution in [1.29, 1.82) is 0 Å². The van der Waals surface area contributed by atoms with Crippen molar-refractivity contribution in [3.63, 3.8) is 0 Å². The van der Waals surface area contributed by atoms with Crippen molar-refractivity contribution < 1.29 is 4.74 Å². The van der Waals surface area contributed by atoms with Gasteiger partial charge < -0.3 is 9.64 Å². The van der Waals surface area contributed by atoms with E-state index in [-0.39, 0.29) is 5.54 Å². The summed E-state index contributed by atoms with van der Waals surface area (Å²) in [6, 6.07) is 8.87. The van der Waals surface area contributed by atoms with E-state index >= 15 is 0 Å². The second-order valence-corrected chi connectivity index (χ2v) is 5.60. The monoisotopic (exact) mass is 248 g/mol. The number of ether oxygens (including phenoxy) is 1. The van der Waals surface area contributed by atoms with Gasteiger partial charge in [-0.05, 0) is 31.5 Å². The van der Waals surface area contributed by atoms with Crippen LogP contribution in [0.1, 0.15) is 19.4 Å². The van der Waals surface area contributed by atoms with Crippen molar-refractivity contribution >= 4 is 5.69 Å². The molecule has 0 bridgehead atoms. The molecule has 1 aliphatic rings. The van der Waals surface area contributed by atoms with Gasteiger partial charge in [-0.3, -0.25) is 4.90 Å². The van der Waals surface area contributed by atoms with Gasteiger partial charge in [0.05, 0.1) is 13.2 Å². The van der Waals surface area contributed by atoms with Crippen LogP contribution in [0.2, 0.25) is 0 Å². The molecule has 3 nitrogen and oxygen atoms in total. The van der Waals surface area contributed by atoms with E-state index in [1.807, 2.05) is 0 Å². The molecule has 0 aromatic heterocycles. The molecule has 1 heterocycles. The van der Waals surface area contributed by atoms with Crippen LogP contribution in [0.5, 0.6) is 0 Å². The third-order valence-corrected chi connectivity index (χ3v) is 3.89. The zero-order valence-electron chi connectivity index (χ0n) is 11.9. The van der Waals surface area contributed by atoms with E-state index in [1.165, 1.54) is 11.3 Å². The van der Waals surface area contributed by atoms with Gasteiger partial charge in [-0.25, -0.2) is 0 Å². The molecule has 18 heavy (non-hydrogen) atoms. The standard InChI is InChI=1S/C15H24N2O/c1-15(2,17-9-11-18-12-10-17)13-5-7-14(8-6-13)16(3)4/h5-8H,9-12H2,1-4H3. The van der Waals surface area contributed by atoms with Gasteiger partial charge in [-0.1, -0.05) is 12.1 Å². The Hall–Kier alpha value is -1.06. The zero-order chi connectivity index (χ0) is 13.2. The van der Waals surface area contributed by atoms with Gasteiger partial charge in [-0.2, -0.15) is 0 Å². The minimum Gasteiger partial charge on any atom is -0.379 e. The van der Waals surface area contributed by atoms with Crippen molar-refractivity contribution in [2.24, 2.45) is 0 Å². The highest BCUT2D eigenvalue weighted by Crippen LogP contribution is 2.29. The molecule has 1 fully saturated rings. The van der Waals surface area contributed by atoms with E-state index in [2.05, 4.69) is 62.0 Å². The Morgan fingerprint density at radius 3 is 2.11 bits per heavy atom. The van der Waals surface area contributed by atoms with Crippen LogP contribution in [0.3, 0.4) is 0 Å². The van der Waals surface area contributed by atoms with Gasteiger partial charge >= 0.3 is 0 Å². The highest BCUT2D eigenvalue weighted by molar-refractivity contribution is 5.47. The molecule has 1 saturated heterocycles. The Bertz CT molecular complexity index is 378. The van der Waals surface area contributed by atoms with Crippen LogP contribution < -0.4 is 4.90 Å². The summed E-state index contributed by atoms with van der Waals surface area (Å²) < 4.78 is 5.43. The van der Waals surface area contributed by atoms with E-state index in [0.717, 1.165) is 26.3 Å². The average molecular weight is 248 g/mol. The van der Waals surface area contributed by atoms with Gasteiger partial charge in [0.15, 0.2) is 0 Å². The van der Waals surface area contributed by atoms with E-state index in [4.69, 9.17) is 4.74 Å². The maximum atomic E-state index is 5.43. The molecule has 0 radical (unpaired) electrons. The van der Waals surface area contributed by atoms with Gasteiger partial charge in [0.25, 0.3) is 0 Å². The second kappa shape index (κ2) is 5.29. The van der Waals surface area contributed by atoms with Crippen LogP contribution in [0.25, 0.3) is 0 Å². The van der Waals surface area contributed by atoms with E-state index < -0.39 is 0 Å². The smallest absolute Gasteiger partial charge is 0.0594 e. The molecule has 0 unspecified atom stereocenters. The van der Waals surface area contributed by atoms with Crippen LogP contribution in [0, 0.1) is 0 Å². The topological polar surface area (TPSA) is 15.7 Å². The second-order valence-electron chi connectivity index (χ2n) is 5.60. The fourth-order valence-corrected chi connectivity index (χ4v) is 2.47. The molecule has 3 heteroatoms. The number of rotatable bonds is 3. The van der Waals surface area contributed by atoms with E-state index in [9.17, 15) is 0 Å². The molecule has 0 atom stereocenters. The van der Waals surface area contributed by atoms with Crippen LogP contribution in [0.4, 0.5) is 5.69 Å². The maximum absolute atomic E-state index is 5.43. The zero-order valence-corrected chi connectivity index (χ0v) is 11.9. The van der Waals surface area contributed by atoms with Crippen LogP contribution in [0.15, 0.2) is 24.3 Å². The maximum Gasteiger partial charge on any atom is 0.0594 e. The lowest BCUT2D eigenvalue weighted by Crippen LogP contribution is -2.47. The Kier molecular flexibility index (Phi) is 3.93. The van der Waals surface area contributed by atoms with Crippen LogP contribution >= 0.6 is 0 Å². The number of nitrogens with zero attached hydrogens (tertiary/aromatic N) is 2. The summed E-state index contributed by atoms with van der Waals surface area (Å²) in [5.74, 6) is 0. The molecule has 0 spiro atoms. The number of hydrogen-bond acceptors (Lipinski definition) is 3. The third kappa shape index (κ3) is 2.68. The molecule has 2 rings (SSSR count). The Morgan fingerprint density at radius 2 is 1.61 bits per heavy atom. The molecule has 0 amide bonds. The fraction of sp³-hybridized carbons (Fsp3) is 0.600. The predicted octanol–water partition coefficient (Wildman–Crippen LogP) is 2.32. The normalized spacial score (nSPS) is 17.8. The van der Waals surface area contributed by atoms with Crippen molar-refractivity contribution in [3.05, 3.63) is 29.8 Å². The lowest BCUT2D eigenvalue weighted by atomic mass is 9.91. The molecule has 1 aromatic rings.